The number of aliphatic carboxylic acids is 2. The third-order valence-electron chi connectivity index (χ3n) is 5.32. The molecule has 0 saturated heterocycles. The number of ether oxygens (including phenoxy) is 2. The van der Waals surface area contributed by atoms with E-state index in [1.54, 1.807) is 0 Å². The van der Waals surface area contributed by atoms with Crippen LogP contribution in [0.3, 0.4) is 0 Å². The van der Waals surface area contributed by atoms with Crippen LogP contribution in [0.4, 0.5) is 0 Å². The minimum absolute atomic E-state index is 0.293. The Kier molecular flexibility index (Phi) is 9.01. The molecule has 4 rings (SSSR count). The number of aromatic nitrogens is 1. The van der Waals surface area contributed by atoms with Crippen LogP contribution in [-0.2, 0) is 29.2 Å². The fourth-order valence-corrected chi connectivity index (χ4v) is 3.45. The summed E-state index contributed by atoms with van der Waals surface area (Å²) in [6, 6.07) is 14.2. The molecule has 1 aliphatic heterocycles. The maximum atomic E-state index is 9.77. The van der Waals surface area contributed by atoms with Gasteiger partial charge in [0.15, 0.2) is 23.7 Å². The molecular formula is C25H28N2O9. The molecule has 3 heterocycles. The third-order valence-corrected chi connectivity index (χ3v) is 5.32. The van der Waals surface area contributed by atoms with Crippen molar-refractivity contribution in [2.45, 2.75) is 45.7 Å². The Bertz CT molecular complexity index is 1160. The molecule has 0 fully saturated rings. The zero-order valence-corrected chi connectivity index (χ0v) is 19.8. The first-order valence-electron chi connectivity index (χ1n) is 11.0. The minimum Gasteiger partial charge on any atom is -0.479 e. The van der Waals surface area contributed by atoms with Crippen molar-refractivity contribution < 1.29 is 43.9 Å². The van der Waals surface area contributed by atoms with Gasteiger partial charge in [0, 0.05) is 19.3 Å². The van der Waals surface area contributed by atoms with Crippen LogP contribution in [0.25, 0.3) is 0 Å². The number of benzene rings is 1. The number of carbonyl (C=O) groups is 2. The molecular weight excluding hydrogens is 472 g/mol. The molecule has 0 saturated carbocycles. The lowest BCUT2D eigenvalue weighted by Gasteiger charge is -2.22. The van der Waals surface area contributed by atoms with Crippen LogP contribution in [0.15, 0.2) is 53.1 Å². The van der Waals surface area contributed by atoms with Crippen molar-refractivity contribution in [1.29, 1.82) is 0 Å². The van der Waals surface area contributed by atoms with Crippen LogP contribution < -0.4 is 9.47 Å². The summed E-state index contributed by atoms with van der Waals surface area (Å²) in [4.78, 5) is 26.3. The molecule has 11 heteroatoms. The Hall–Kier alpha value is -3.93. The molecule has 3 aromatic rings. The number of nitrogens with zero attached hydrogens (tertiary/aromatic N) is 2. The largest absolute Gasteiger partial charge is 0.479 e. The standard InChI is InChI=1S/C21H22N2O3.C4H6O6/c1-15-9-20-21(25-14-24-20)10-17(15)11-23(12-18-5-3-4-8-22-18)13-19-7-6-16(2)26-19;5-1(3(7)8)2(6)4(9)10/h3-10H,11-14H2,1-2H3;1-2,5-6H,(H,7,8)(H,9,10). The fourth-order valence-electron chi connectivity index (χ4n) is 3.45. The number of carboxylic acids is 2. The lowest BCUT2D eigenvalue weighted by molar-refractivity contribution is -0.165. The number of hydrogen-bond donors (Lipinski definition) is 4. The van der Waals surface area contributed by atoms with E-state index in [0.29, 0.717) is 6.79 Å². The summed E-state index contributed by atoms with van der Waals surface area (Å²) in [7, 11) is 0. The summed E-state index contributed by atoms with van der Waals surface area (Å²) in [6.07, 6.45) is -2.70. The van der Waals surface area contributed by atoms with Crippen LogP contribution in [0.2, 0.25) is 0 Å². The summed E-state index contributed by atoms with van der Waals surface area (Å²) in [5, 5.41) is 32.5. The predicted molar refractivity (Wildman–Crippen MR) is 125 cm³/mol. The number of aryl methyl sites for hydroxylation is 2. The van der Waals surface area contributed by atoms with Crippen molar-refractivity contribution in [3.05, 3.63) is 77.0 Å². The van der Waals surface area contributed by atoms with E-state index >= 15 is 0 Å². The van der Waals surface area contributed by atoms with Gasteiger partial charge >= 0.3 is 11.9 Å². The number of pyridine rings is 1. The van der Waals surface area contributed by atoms with E-state index in [1.807, 2.05) is 49.5 Å². The second-order valence-corrected chi connectivity index (χ2v) is 8.18. The highest BCUT2D eigenvalue weighted by Crippen LogP contribution is 2.35. The summed E-state index contributed by atoms with van der Waals surface area (Å²) < 4.78 is 16.8. The zero-order chi connectivity index (χ0) is 26.2. The summed E-state index contributed by atoms with van der Waals surface area (Å²) >= 11 is 0. The Morgan fingerprint density at radius 1 is 0.944 bits per heavy atom. The lowest BCUT2D eigenvalue weighted by atomic mass is 10.1. The molecule has 0 bridgehead atoms. The number of carboxylic acid groups (broad SMARTS) is 2. The normalized spacial score (nSPS) is 13.6. The number of furan rings is 1. The molecule has 0 amide bonds. The van der Waals surface area contributed by atoms with Gasteiger partial charge in [-0.25, -0.2) is 9.59 Å². The number of aliphatic hydroxyl groups excluding tert-OH is 2. The molecule has 1 aromatic carbocycles. The van der Waals surface area contributed by atoms with Gasteiger partial charge in [-0.15, -0.1) is 0 Å². The van der Waals surface area contributed by atoms with Crippen molar-refractivity contribution in [3.8, 4) is 11.5 Å². The van der Waals surface area contributed by atoms with Crippen LogP contribution >= 0.6 is 0 Å². The second-order valence-electron chi connectivity index (χ2n) is 8.18. The van der Waals surface area contributed by atoms with Gasteiger partial charge in [-0.05, 0) is 61.4 Å². The van der Waals surface area contributed by atoms with Gasteiger partial charge in [-0.1, -0.05) is 6.07 Å². The monoisotopic (exact) mass is 500 g/mol. The first kappa shape index (κ1) is 26.7. The van der Waals surface area contributed by atoms with E-state index in [4.69, 9.17) is 34.3 Å². The number of fused-ring (bicyclic) bond motifs is 1. The van der Waals surface area contributed by atoms with Crippen LogP contribution in [-0.4, -0.2) is 61.2 Å². The van der Waals surface area contributed by atoms with Gasteiger partial charge in [-0.3, -0.25) is 9.88 Å². The lowest BCUT2D eigenvalue weighted by Crippen LogP contribution is -2.39. The molecule has 192 valence electrons. The van der Waals surface area contributed by atoms with Gasteiger partial charge in [0.05, 0.1) is 12.2 Å². The maximum Gasteiger partial charge on any atom is 0.335 e. The van der Waals surface area contributed by atoms with Gasteiger partial charge in [-0.2, -0.15) is 0 Å². The van der Waals surface area contributed by atoms with Gasteiger partial charge < -0.3 is 34.3 Å². The smallest absolute Gasteiger partial charge is 0.335 e. The molecule has 1 aliphatic rings. The first-order chi connectivity index (χ1) is 17.1. The Balaban J connectivity index is 0.000000308. The molecule has 36 heavy (non-hydrogen) atoms. The molecule has 0 radical (unpaired) electrons. The molecule has 0 spiro atoms. The number of aliphatic hydroxyl groups is 2. The van der Waals surface area contributed by atoms with Crippen molar-refractivity contribution >= 4 is 11.9 Å². The second kappa shape index (κ2) is 12.2. The average Bonchev–Trinajstić information content (AvgIpc) is 3.47. The molecule has 2 unspecified atom stereocenters. The van der Waals surface area contributed by atoms with Crippen LogP contribution in [0.1, 0.15) is 28.3 Å². The highest BCUT2D eigenvalue weighted by atomic mass is 16.7. The quantitative estimate of drug-likeness (QED) is 0.340. The van der Waals surface area contributed by atoms with Crippen LogP contribution in [0, 0.1) is 13.8 Å². The highest BCUT2D eigenvalue weighted by molar-refractivity contribution is 5.83. The predicted octanol–water partition coefficient (Wildman–Crippen LogP) is 2.10. The first-order valence-corrected chi connectivity index (χ1v) is 11.0. The number of hydrogen-bond acceptors (Lipinski definition) is 9. The van der Waals surface area contributed by atoms with E-state index in [9.17, 15) is 9.59 Å². The highest BCUT2D eigenvalue weighted by Gasteiger charge is 2.29. The SMILES string of the molecule is Cc1ccc(CN(Cc2ccccn2)Cc2cc3c(cc2C)OCO3)o1.O=C(O)C(O)C(O)C(=O)O. The Labute approximate surface area is 207 Å². The molecule has 2 aromatic heterocycles. The van der Waals surface area contributed by atoms with Crippen molar-refractivity contribution in [2.75, 3.05) is 6.79 Å². The minimum atomic E-state index is -2.27. The van der Waals surface area contributed by atoms with E-state index in [-0.39, 0.29) is 0 Å². The van der Waals surface area contributed by atoms with Crippen LogP contribution in [0.5, 0.6) is 11.5 Å². The zero-order valence-electron chi connectivity index (χ0n) is 19.8. The van der Waals surface area contributed by atoms with E-state index in [2.05, 4.69) is 22.9 Å². The summed E-state index contributed by atoms with van der Waals surface area (Å²) in [5.74, 6) is -0.0138. The number of rotatable bonds is 9. The molecule has 2 atom stereocenters. The Morgan fingerprint density at radius 2 is 1.61 bits per heavy atom. The summed E-state index contributed by atoms with van der Waals surface area (Å²) in [5.41, 5.74) is 3.44. The van der Waals surface area contributed by atoms with E-state index in [0.717, 1.165) is 48.3 Å². The molecule has 0 aliphatic carbocycles. The van der Waals surface area contributed by atoms with Crippen molar-refractivity contribution in [2.24, 2.45) is 0 Å². The third kappa shape index (κ3) is 7.28. The van der Waals surface area contributed by atoms with Gasteiger partial charge in [0.2, 0.25) is 6.79 Å². The fraction of sp³-hybridized carbons (Fsp3) is 0.320. The Morgan fingerprint density at radius 3 is 2.17 bits per heavy atom. The molecule has 11 nitrogen and oxygen atoms in total. The molecule has 4 N–H and O–H groups in total. The van der Waals surface area contributed by atoms with E-state index in [1.165, 1.54) is 11.1 Å². The van der Waals surface area contributed by atoms with Gasteiger partial charge in [0.1, 0.15) is 11.5 Å². The van der Waals surface area contributed by atoms with Crippen molar-refractivity contribution in [3.63, 3.8) is 0 Å². The average molecular weight is 501 g/mol. The van der Waals surface area contributed by atoms with E-state index < -0.39 is 24.1 Å². The summed E-state index contributed by atoms with van der Waals surface area (Å²) in [6.45, 7) is 6.61. The van der Waals surface area contributed by atoms with Gasteiger partial charge in [0.25, 0.3) is 0 Å². The van der Waals surface area contributed by atoms with Crippen molar-refractivity contribution in [1.82, 2.24) is 9.88 Å². The maximum absolute atomic E-state index is 9.77. The topological polar surface area (TPSA) is 163 Å².